The zero-order valence-electron chi connectivity index (χ0n) is 17.0. The summed E-state index contributed by atoms with van der Waals surface area (Å²) in [7, 11) is 2.88. The molecule has 0 bridgehead atoms. The minimum absolute atomic E-state index is 0.0377. The van der Waals surface area contributed by atoms with Crippen molar-refractivity contribution in [1.29, 1.82) is 0 Å². The largest absolute Gasteiger partial charge is 0.495 e. The second kappa shape index (κ2) is 10.4. The summed E-state index contributed by atoms with van der Waals surface area (Å²) in [6.07, 6.45) is 1.98. The van der Waals surface area contributed by atoms with E-state index in [1.54, 1.807) is 19.2 Å². The van der Waals surface area contributed by atoms with Gasteiger partial charge in [-0.2, -0.15) is 0 Å². The van der Waals surface area contributed by atoms with Gasteiger partial charge >= 0.3 is 5.97 Å². The molecule has 0 aromatic heterocycles. The molecule has 1 aliphatic rings. The standard InChI is InChI=1S/C22H25N3O5/c1-28-19-8-4-3-7-18(19)24-22(23-14-17-6-5-13-30-17)25-20(26)15-9-11-16(12-10-15)21(27)29-2/h3-4,7-12,17H,5-6,13-14H2,1-2H3,(H2,23,24,25,26)/t17-/m0/s1. The van der Waals surface area contributed by atoms with Crippen molar-refractivity contribution in [2.45, 2.75) is 18.9 Å². The van der Waals surface area contributed by atoms with Crippen LogP contribution in [0, 0.1) is 0 Å². The predicted molar refractivity (Wildman–Crippen MR) is 113 cm³/mol. The number of aliphatic imine (C=N–C) groups is 1. The fourth-order valence-electron chi connectivity index (χ4n) is 3.02. The van der Waals surface area contributed by atoms with Crippen molar-refractivity contribution in [2.75, 3.05) is 32.7 Å². The summed E-state index contributed by atoms with van der Waals surface area (Å²) in [5.74, 6) is 0.0922. The Hall–Kier alpha value is -3.39. The van der Waals surface area contributed by atoms with Gasteiger partial charge in [0.05, 0.1) is 38.1 Å². The number of para-hydroxylation sites is 2. The molecule has 1 heterocycles. The number of esters is 1. The van der Waals surface area contributed by atoms with Crippen molar-refractivity contribution in [3.8, 4) is 5.75 Å². The van der Waals surface area contributed by atoms with E-state index in [0.29, 0.717) is 29.1 Å². The number of rotatable bonds is 6. The Morgan fingerprint density at radius 3 is 2.50 bits per heavy atom. The molecule has 3 rings (SSSR count). The Labute approximate surface area is 175 Å². The first kappa shape index (κ1) is 21.3. The smallest absolute Gasteiger partial charge is 0.337 e. The van der Waals surface area contributed by atoms with E-state index in [2.05, 4.69) is 20.4 Å². The first-order valence-electron chi connectivity index (χ1n) is 9.66. The maximum absolute atomic E-state index is 12.7. The molecule has 1 amide bonds. The Morgan fingerprint density at radius 2 is 1.83 bits per heavy atom. The van der Waals surface area contributed by atoms with E-state index in [0.717, 1.165) is 19.4 Å². The van der Waals surface area contributed by atoms with Gasteiger partial charge in [0, 0.05) is 12.2 Å². The van der Waals surface area contributed by atoms with Crippen LogP contribution in [0.4, 0.5) is 5.69 Å². The number of ether oxygens (including phenoxy) is 3. The first-order valence-corrected chi connectivity index (χ1v) is 9.66. The van der Waals surface area contributed by atoms with Crippen molar-refractivity contribution >= 4 is 23.5 Å². The van der Waals surface area contributed by atoms with E-state index in [4.69, 9.17) is 9.47 Å². The highest BCUT2D eigenvalue weighted by Crippen LogP contribution is 2.23. The Morgan fingerprint density at radius 1 is 1.10 bits per heavy atom. The van der Waals surface area contributed by atoms with Crippen LogP contribution in [0.3, 0.4) is 0 Å². The molecule has 1 fully saturated rings. The normalized spacial score (nSPS) is 16.1. The van der Waals surface area contributed by atoms with E-state index >= 15 is 0 Å². The fraction of sp³-hybridized carbons (Fsp3) is 0.318. The topological polar surface area (TPSA) is 98.3 Å². The molecule has 0 unspecified atom stereocenters. The third-order valence-corrected chi connectivity index (χ3v) is 4.64. The summed E-state index contributed by atoms with van der Waals surface area (Å²) >= 11 is 0. The van der Waals surface area contributed by atoms with E-state index in [9.17, 15) is 9.59 Å². The molecular formula is C22H25N3O5. The number of methoxy groups -OCH3 is 2. The zero-order chi connectivity index (χ0) is 21.3. The summed E-state index contributed by atoms with van der Waals surface area (Å²) < 4.78 is 15.7. The highest BCUT2D eigenvalue weighted by atomic mass is 16.5. The van der Waals surface area contributed by atoms with Gasteiger partial charge < -0.3 is 19.5 Å². The van der Waals surface area contributed by atoms with Crippen molar-refractivity contribution in [1.82, 2.24) is 5.32 Å². The van der Waals surface area contributed by atoms with Gasteiger partial charge in [0.2, 0.25) is 5.96 Å². The number of nitrogens with one attached hydrogen (secondary N) is 2. The average Bonchev–Trinajstić information content (AvgIpc) is 3.31. The molecule has 8 nitrogen and oxygen atoms in total. The highest BCUT2D eigenvalue weighted by Gasteiger charge is 2.17. The van der Waals surface area contributed by atoms with Crippen LogP contribution < -0.4 is 15.4 Å². The van der Waals surface area contributed by atoms with Gasteiger partial charge in [0.1, 0.15) is 5.75 Å². The van der Waals surface area contributed by atoms with Crippen LogP contribution in [-0.2, 0) is 9.47 Å². The number of nitrogens with zero attached hydrogens (tertiary/aromatic N) is 1. The fourth-order valence-corrected chi connectivity index (χ4v) is 3.02. The van der Waals surface area contributed by atoms with Crippen molar-refractivity contribution in [2.24, 2.45) is 4.99 Å². The van der Waals surface area contributed by atoms with E-state index in [1.165, 1.54) is 19.2 Å². The van der Waals surface area contributed by atoms with E-state index in [-0.39, 0.29) is 18.0 Å². The van der Waals surface area contributed by atoms with Gasteiger partial charge in [-0.05, 0) is 49.2 Å². The molecule has 2 aromatic carbocycles. The molecule has 8 heteroatoms. The third kappa shape index (κ3) is 5.57. The molecule has 158 valence electrons. The Bertz CT molecular complexity index is 905. The molecule has 1 saturated heterocycles. The quantitative estimate of drug-likeness (QED) is 0.431. The van der Waals surface area contributed by atoms with Crippen molar-refractivity contribution in [3.63, 3.8) is 0 Å². The molecule has 30 heavy (non-hydrogen) atoms. The molecule has 0 spiro atoms. The molecule has 0 radical (unpaired) electrons. The second-order valence-corrected chi connectivity index (χ2v) is 6.67. The van der Waals surface area contributed by atoms with Crippen LogP contribution in [0.15, 0.2) is 53.5 Å². The summed E-state index contributed by atoms with van der Waals surface area (Å²) in [5.41, 5.74) is 1.43. The lowest BCUT2D eigenvalue weighted by Gasteiger charge is -2.15. The molecule has 2 aromatic rings. The summed E-state index contributed by atoms with van der Waals surface area (Å²) in [6, 6.07) is 13.6. The lowest BCUT2D eigenvalue weighted by molar-refractivity contribution is 0.0600. The zero-order valence-corrected chi connectivity index (χ0v) is 17.0. The number of amides is 1. The maximum atomic E-state index is 12.7. The molecule has 2 N–H and O–H groups in total. The van der Waals surface area contributed by atoms with Gasteiger partial charge in [-0.3, -0.25) is 10.1 Å². The molecule has 0 saturated carbocycles. The van der Waals surface area contributed by atoms with Crippen LogP contribution in [0.2, 0.25) is 0 Å². The molecule has 0 aliphatic carbocycles. The number of anilines is 1. The summed E-state index contributed by atoms with van der Waals surface area (Å²) in [4.78, 5) is 28.8. The number of guanidine groups is 1. The van der Waals surface area contributed by atoms with Gasteiger partial charge in [-0.15, -0.1) is 0 Å². The van der Waals surface area contributed by atoms with Crippen LogP contribution in [-0.4, -0.2) is 51.3 Å². The van der Waals surface area contributed by atoms with Crippen LogP contribution in [0.25, 0.3) is 0 Å². The van der Waals surface area contributed by atoms with Crippen molar-refractivity contribution in [3.05, 3.63) is 59.7 Å². The Kier molecular flexibility index (Phi) is 7.40. The number of hydrogen-bond acceptors (Lipinski definition) is 6. The maximum Gasteiger partial charge on any atom is 0.337 e. The van der Waals surface area contributed by atoms with Gasteiger partial charge in [-0.25, -0.2) is 9.79 Å². The molecular weight excluding hydrogens is 386 g/mol. The number of carbonyl (C=O) groups excluding carboxylic acids is 2. The number of carbonyl (C=O) groups is 2. The van der Waals surface area contributed by atoms with Crippen LogP contribution in [0.5, 0.6) is 5.75 Å². The predicted octanol–water partition coefficient (Wildman–Crippen LogP) is 2.86. The van der Waals surface area contributed by atoms with E-state index in [1.807, 2.05) is 24.3 Å². The van der Waals surface area contributed by atoms with Crippen LogP contribution >= 0.6 is 0 Å². The SMILES string of the molecule is COC(=O)c1ccc(C(=O)NC(=NC[C@@H]2CCCO2)Nc2ccccc2OC)cc1. The molecule has 1 atom stereocenters. The van der Waals surface area contributed by atoms with Gasteiger partial charge in [0.15, 0.2) is 0 Å². The third-order valence-electron chi connectivity index (χ3n) is 4.64. The Balaban J connectivity index is 1.76. The summed E-state index contributed by atoms with van der Waals surface area (Å²) in [6.45, 7) is 1.16. The highest BCUT2D eigenvalue weighted by molar-refractivity contribution is 6.10. The lowest BCUT2D eigenvalue weighted by atomic mass is 10.1. The van der Waals surface area contributed by atoms with E-state index < -0.39 is 5.97 Å². The minimum Gasteiger partial charge on any atom is -0.495 e. The number of hydrogen-bond donors (Lipinski definition) is 2. The lowest BCUT2D eigenvalue weighted by Crippen LogP contribution is -2.36. The van der Waals surface area contributed by atoms with Crippen LogP contribution in [0.1, 0.15) is 33.6 Å². The van der Waals surface area contributed by atoms with Gasteiger partial charge in [-0.1, -0.05) is 12.1 Å². The second-order valence-electron chi connectivity index (χ2n) is 6.67. The average molecular weight is 411 g/mol. The van der Waals surface area contributed by atoms with Crippen molar-refractivity contribution < 1.29 is 23.8 Å². The number of benzene rings is 2. The monoisotopic (exact) mass is 411 g/mol. The summed E-state index contributed by atoms with van der Waals surface area (Å²) in [5, 5.41) is 5.92. The van der Waals surface area contributed by atoms with Gasteiger partial charge in [0.25, 0.3) is 5.91 Å². The first-order chi connectivity index (χ1) is 14.6. The minimum atomic E-state index is -0.460. The molecule has 1 aliphatic heterocycles.